The van der Waals surface area contributed by atoms with Crippen LogP contribution in [0.4, 0.5) is 0 Å². The zero-order valence-electron chi connectivity index (χ0n) is 18.6. The molecule has 0 aliphatic rings. The largest absolute Gasteiger partial charge is 0.289 e. The number of rotatable bonds is 6. The molecule has 0 amide bonds. The van der Waals surface area contributed by atoms with Gasteiger partial charge in [0.15, 0.2) is 25.5 Å². The van der Waals surface area contributed by atoms with Gasteiger partial charge in [-0.3, -0.25) is 4.79 Å². The van der Waals surface area contributed by atoms with Crippen LogP contribution in [0.1, 0.15) is 15.9 Å². The minimum atomic E-state index is -3.32. The number of hydrogen-bond acceptors (Lipinski definition) is 5. The van der Waals surface area contributed by atoms with E-state index in [2.05, 4.69) is 0 Å². The van der Waals surface area contributed by atoms with Gasteiger partial charge in [0.1, 0.15) is 0 Å². The van der Waals surface area contributed by atoms with Crippen LogP contribution < -0.4 is 0 Å². The lowest BCUT2D eigenvalue weighted by atomic mass is 9.90. The van der Waals surface area contributed by atoms with Crippen molar-refractivity contribution < 1.29 is 21.6 Å². The van der Waals surface area contributed by atoms with Crippen LogP contribution in [0.3, 0.4) is 0 Å². The molecule has 0 saturated heterocycles. The molecule has 0 spiro atoms. The molecule has 4 aromatic rings. The first-order valence-electron chi connectivity index (χ1n) is 10.4. The lowest BCUT2D eigenvalue weighted by Crippen LogP contribution is -2.06. The van der Waals surface area contributed by atoms with Crippen molar-refractivity contribution in [2.24, 2.45) is 0 Å². The van der Waals surface area contributed by atoms with Gasteiger partial charge in [0.25, 0.3) is 0 Å². The molecule has 0 fully saturated rings. The van der Waals surface area contributed by atoms with Gasteiger partial charge in [0, 0.05) is 23.6 Å². The van der Waals surface area contributed by atoms with Crippen LogP contribution >= 0.6 is 0 Å². The normalized spacial score (nSPS) is 11.8. The van der Waals surface area contributed by atoms with Crippen molar-refractivity contribution in [1.29, 1.82) is 0 Å². The summed E-state index contributed by atoms with van der Waals surface area (Å²) in [6.45, 7) is 0. The van der Waals surface area contributed by atoms with E-state index in [1.54, 1.807) is 48.5 Å². The fourth-order valence-electron chi connectivity index (χ4n) is 3.77. The second kappa shape index (κ2) is 9.00. The third-order valence-corrected chi connectivity index (χ3v) is 7.79. The van der Waals surface area contributed by atoms with Crippen molar-refractivity contribution >= 4 is 25.5 Å². The zero-order valence-corrected chi connectivity index (χ0v) is 20.2. The quantitative estimate of drug-likeness (QED) is 0.353. The molecule has 0 bridgehead atoms. The van der Waals surface area contributed by atoms with Crippen LogP contribution in [0, 0.1) is 0 Å². The lowest BCUT2D eigenvalue weighted by Gasteiger charge is -2.13. The first-order chi connectivity index (χ1) is 16.1. The van der Waals surface area contributed by atoms with Crippen LogP contribution in [0.2, 0.25) is 0 Å². The number of hydrogen-bond donors (Lipinski definition) is 0. The van der Waals surface area contributed by atoms with Crippen molar-refractivity contribution in [3.05, 3.63) is 108 Å². The average molecular weight is 491 g/mol. The van der Waals surface area contributed by atoms with Crippen LogP contribution in [-0.4, -0.2) is 35.1 Å². The molecule has 0 heterocycles. The van der Waals surface area contributed by atoms with Crippen molar-refractivity contribution in [2.75, 3.05) is 12.5 Å². The predicted octanol–water partition coefficient (Wildman–Crippen LogP) is 5.06. The number of carbonyl (C=O) groups excluding carboxylic acids is 1. The zero-order chi connectivity index (χ0) is 24.5. The number of benzene rings is 4. The predicted molar refractivity (Wildman–Crippen MR) is 133 cm³/mol. The van der Waals surface area contributed by atoms with Crippen LogP contribution in [0.5, 0.6) is 0 Å². The van der Waals surface area contributed by atoms with Crippen molar-refractivity contribution in [3.63, 3.8) is 0 Å². The van der Waals surface area contributed by atoms with E-state index in [1.807, 2.05) is 24.3 Å². The Labute approximate surface area is 199 Å². The summed E-state index contributed by atoms with van der Waals surface area (Å²) >= 11 is 0. The number of ketones is 1. The SMILES string of the molecule is CS(=O)(=O)c1ccc(-c2ccccc2C(=O)c2ccccc2-c2ccc(S(C)(=O)=O)cc2)cc1. The summed E-state index contributed by atoms with van der Waals surface area (Å²) in [6.07, 6.45) is 2.30. The Morgan fingerprint density at radius 3 is 1.15 bits per heavy atom. The molecule has 172 valence electrons. The molecule has 0 aromatic heterocycles. The summed E-state index contributed by atoms with van der Waals surface area (Å²) in [5.74, 6) is -0.189. The fourth-order valence-corrected chi connectivity index (χ4v) is 5.04. The molecule has 4 rings (SSSR count). The summed E-state index contributed by atoms with van der Waals surface area (Å²) in [7, 11) is -6.65. The summed E-state index contributed by atoms with van der Waals surface area (Å²) in [5, 5.41) is 0. The van der Waals surface area contributed by atoms with Crippen molar-refractivity contribution in [2.45, 2.75) is 9.79 Å². The standard InChI is InChI=1S/C27H22O5S2/c1-33(29,30)21-15-11-19(12-16-21)23-7-3-5-9-25(23)27(28)26-10-6-4-8-24(26)20-13-17-22(18-14-20)34(2,31)32/h3-18H,1-2H3. The van der Waals surface area contributed by atoms with E-state index < -0.39 is 19.7 Å². The third kappa shape index (κ3) is 4.85. The first-order valence-corrected chi connectivity index (χ1v) is 14.2. The minimum Gasteiger partial charge on any atom is -0.289 e. The van der Waals surface area contributed by atoms with Gasteiger partial charge in [0.2, 0.25) is 0 Å². The highest BCUT2D eigenvalue weighted by Gasteiger charge is 2.19. The average Bonchev–Trinajstić information content (AvgIpc) is 2.83. The highest BCUT2D eigenvalue weighted by atomic mass is 32.2. The summed E-state index contributed by atoms with van der Waals surface area (Å²) in [4.78, 5) is 14.1. The van der Waals surface area contributed by atoms with Gasteiger partial charge in [-0.15, -0.1) is 0 Å². The van der Waals surface area contributed by atoms with E-state index in [9.17, 15) is 21.6 Å². The minimum absolute atomic E-state index is 0.189. The maximum atomic E-state index is 13.7. The number of carbonyl (C=O) groups is 1. The van der Waals surface area contributed by atoms with Crippen LogP contribution in [0.15, 0.2) is 107 Å². The monoisotopic (exact) mass is 490 g/mol. The fraction of sp³-hybridized carbons (Fsp3) is 0.0741. The Morgan fingerprint density at radius 2 is 0.824 bits per heavy atom. The molecule has 0 atom stereocenters. The van der Waals surface area contributed by atoms with E-state index in [-0.39, 0.29) is 15.6 Å². The summed E-state index contributed by atoms with van der Waals surface area (Å²) in [6, 6.07) is 27.2. The lowest BCUT2D eigenvalue weighted by molar-refractivity contribution is 0.104. The molecule has 0 radical (unpaired) electrons. The van der Waals surface area contributed by atoms with E-state index >= 15 is 0 Å². The molecule has 34 heavy (non-hydrogen) atoms. The maximum absolute atomic E-state index is 13.7. The van der Waals surface area contributed by atoms with E-state index in [4.69, 9.17) is 0 Å². The van der Waals surface area contributed by atoms with Gasteiger partial charge in [-0.25, -0.2) is 16.8 Å². The molecule has 7 heteroatoms. The topological polar surface area (TPSA) is 85.3 Å². The van der Waals surface area contributed by atoms with Crippen molar-refractivity contribution in [3.8, 4) is 22.3 Å². The molecule has 5 nitrogen and oxygen atoms in total. The summed E-state index contributed by atoms with van der Waals surface area (Å²) < 4.78 is 47.2. The van der Waals surface area contributed by atoms with Crippen molar-refractivity contribution in [1.82, 2.24) is 0 Å². The Hall–Kier alpha value is -3.55. The molecule has 0 aliphatic heterocycles. The van der Waals surface area contributed by atoms with Gasteiger partial charge in [-0.1, -0.05) is 72.8 Å². The van der Waals surface area contributed by atoms with Gasteiger partial charge in [-0.2, -0.15) is 0 Å². The van der Waals surface area contributed by atoms with Gasteiger partial charge in [-0.05, 0) is 46.5 Å². The molecule has 0 unspecified atom stereocenters. The second-order valence-electron chi connectivity index (χ2n) is 8.01. The first kappa shape index (κ1) is 23.6. The molecular weight excluding hydrogens is 468 g/mol. The highest BCUT2D eigenvalue weighted by Crippen LogP contribution is 2.31. The molecular formula is C27H22O5S2. The Bertz CT molecular complexity index is 1460. The third-order valence-electron chi connectivity index (χ3n) is 5.53. The van der Waals surface area contributed by atoms with Gasteiger partial charge >= 0.3 is 0 Å². The molecule has 0 N–H and O–H groups in total. The number of sulfone groups is 2. The van der Waals surface area contributed by atoms with Crippen LogP contribution in [-0.2, 0) is 19.7 Å². The Balaban J connectivity index is 1.78. The van der Waals surface area contributed by atoms with Crippen LogP contribution in [0.25, 0.3) is 22.3 Å². The van der Waals surface area contributed by atoms with Gasteiger partial charge < -0.3 is 0 Å². The van der Waals surface area contributed by atoms with Gasteiger partial charge in [0.05, 0.1) is 9.79 Å². The highest BCUT2D eigenvalue weighted by molar-refractivity contribution is 7.91. The van der Waals surface area contributed by atoms with E-state index in [0.29, 0.717) is 22.3 Å². The molecule has 0 saturated carbocycles. The van der Waals surface area contributed by atoms with E-state index in [0.717, 1.165) is 23.6 Å². The Kier molecular flexibility index (Phi) is 6.25. The molecule has 0 aliphatic carbocycles. The summed E-state index contributed by atoms with van der Waals surface area (Å²) in [5.41, 5.74) is 3.80. The second-order valence-corrected chi connectivity index (χ2v) is 12.0. The molecule has 4 aromatic carbocycles. The maximum Gasteiger partial charge on any atom is 0.194 e. The smallest absolute Gasteiger partial charge is 0.194 e. The Morgan fingerprint density at radius 1 is 0.500 bits per heavy atom. The van der Waals surface area contributed by atoms with E-state index in [1.165, 1.54) is 24.3 Å².